The van der Waals surface area contributed by atoms with Crippen molar-refractivity contribution in [2.45, 2.75) is 31.2 Å². The molecular formula is C13H16O5. The van der Waals surface area contributed by atoms with Crippen LogP contribution in [0.4, 0.5) is 0 Å². The molecule has 5 heteroatoms. The van der Waals surface area contributed by atoms with E-state index in [0.29, 0.717) is 11.8 Å². The normalized spacial score (nSPS) is 37.9. The summed E-state index contributed by atoms with van der Waals surface area (Å²) in [5, 5.41) is 7.60. The van der Waals surface area contributed by atoms with Gasteiger partial charge < -0.3 is 14.6 Å². The lowest BCUT2D eigenvalue weighted by atomic mass is 9.98. The molecule has 0 aromatic carbocycles. The zero-order valence-electron chi connectivity index (χ0n) is 10.0. The summed E-state index contributed by atoms with van der Waals surface area (Å²) in [5.74, 6) is -0.761. The maximum Gasteiger partial charge on any atom is 0.332 e. The highest BCUT2D eigenvalue weighted by Crippen LogP contribution is 2.64. The van der Waals surface area contributed by atoms with E-state index in [1.807, 2.05) is 0 Å². The Balaban J connectivity index is 0.000000209. The molecule has 3 aliphatic rings. The van der Waals surface area contributed by atoms with E-state index >= 15 is 0 Å². The van der Waals surface area contributed by atoms with Gasteiger partial charge in [-0.3, -0.25) is 0 Å². The first kappa shape index (κ1) is 12.8. The van der Waals surface area contributed by atoms with Crippen molar-refractivity contribution in [1.29, 1.82) is 0 Å². The lowest BCUT2D eigenvalue weighted by molar-refractivity contribution is -0.158. The lowest BCUT2D eigenvalue weighted by Gasteiger charge is -2.17. The highest BCUT2D eigenvalue weighted by Gasteiger charge is 2.75. The van der Waals surface area contributed by atoms with E-state index in [-0.39, 0.29) is 12.1 Å². The Kier molecular flexibility index (Phi) is 3.26. The van der Waals surface area contributed by atoms with E-state index in [1.54, 1.807) is 0 Å². The molecule has 0 aromatic rings. The fourth-order valence-electron chi connectivity index (χ4n) is 2.94. The van der Waals surface area contributed by atoms with Crippen LogP contribution in [0.25, 0.3) is 0 Å². The van der Waals surface area contributed by atoms with E-state index in [2.05, 4.69) is 13.2 Å². The first-order valence-electron chi connectivity index (χ1n) is 5.92. The maximum atomic E-state index is 11.1. The number of ether oxygens (including phenoxy) is 2. The van der Waals surface area contributed by atoms with Gasteiger partial charge in [-0.15, -0.1) is 0 Å². The third kappa shape index (κ3) is 2.06. The Bertz CT molecular complexity index is 402. The number of hydrogen-bond acceptors (Lipinski definition) is 4. The zero-order chi connectivity index (χ0) is 13.3. The van der Waals surface area contributed by atoms with Gasteiger partial charge in [-0.25, -0.2) is 9.59 Å². The molecule has 2 aliphatic carbocycles. The van der Waals surface area contributed by atoms with Crippen LogP contribution in [0.1, 0.15) is 19.3 Å². The van der Waals surface area contributed by atoms with Crippen molar-refractivity contribution in [2.75, 3.05) is 0 Å². The Hall–Kier alpha value is -1.62. The Morgan fingerprint density at radius 1 is 1.33 bits per heavy atom. The van der Waals surface area contributed by atoms with Gasteiger partial charge in [-0.1, -0.05) is 13.2 Å². The third-order valence-electron chi connectivity index (χ3n) is 3.72. The fraction of sp³-hybridized carbons (Fsp3) is 0.538. The zero-order valence-corrected chi connectivity index (χ0v) is 10.0. The van der Waals surface area contributed by atoms with Gasteiger partial charge in [0.25, 0.3) is 0 Å². The van der Waals surface area contributed by atoms with Gasteiger partial charge in [-0.2, -0.15) is 0 Å². The standard InChI is InChI=1S/C10H12O3.C3H4O2/c1-2-8(11)12-10-7-4-3-6(5-7)9(10)13-10;1-2-3(4)5/h2,6-7,9H,1,3-5H2;2H,1H2,(H,4,5). The quantitative estimate of drug-likeness (QED) is 0.468. The summed E-state index contributed by atoms with van der Waals surface area (Å²) in [5.41, 5.74) is 0. The number of fused-ring (bicyclic) bond motifs is 5. The monoisotopic (exact) mass is 252 g/mol. The third-order valence-corrected chi connectivity index (χ3v) is 3.72. The SMILES string of the molecule is C=CC(=O)O.C=CC(=O)OC12OC1C1CCC2C1. The van der Waals surface area contributed by atoms with Crippen molar-refractivity contribution < 1.29 is 24.2 Å². The second-order valence-corrected chi connectivity index (χ2v) is 4.70. The molecule has 5 nitrogen and oxygen atoms in total. The molecule has 0 spiro atoms. The van der Waals surface area contributed by atoms with Crippen molar-refractivity contribution in [3.63, 3.8) is 0 Å². The van der Waals surface area contributed by atoms with E-state index in [9.17, 15) is 9.59 Å². The number of epoxide rings is 1. The molecular weight excluding hydrogens is 236 g/mol. The first-order valence-corrected chi connectivity index (χ1v) is 5.92. The molecule has 1 saturated heterocycles. The van der Waals surface area contributed by atoms with Crippen molar-refractivity contribution >= 4 is 11.9 Å². The van der Waals surface area contributed by atoms with Crippen LogP contribution < -0.4 is 0 Å². The van der Waals surface area contributed by atoms with Crippen LogP contribution in [0.2, 0.25) is 0 Å². The number of esters is 1. The summed E-state index contributed by atoms with van der Waals surface area (Å²) < 4.78 is 10.8. The van der Waals surface area contributed by atoms with Gasteiger partial charge in [0.05, 0.1) is 0 Å². The number of carboxylic acid groups (broad SMARTS) is 1. The number of carbonyl (C=O) groups excluding carboxylic acids is 1. The smallest absolute Gasteiger partial charge is 0.332 e. The molecule has 4 atom stereocenters. The molecule has 0 amide bonds. The van der Waals surface area contributed by atoms with E-state index in [4.69, 9.17) is 14.6 Å². The average Bonchev–Trinajstić information content (AvgIpc) is 2.81. The van der Waals surface area contributed by atoms with Crippen LogP contribution in [-0.4, -0.2) is 28.9 Å². The van der Waals surface area contributed by atoms with E-state index < -0.39 is 11.8 Å². The fourth-order valence-corrected chi connectivity index (χ4v) is 2.94. The molecule has 18 heavy (non-hydrogen) atoms. The van der Waals surface area contributed by atoms with Gasteiger partial charge in [0.2, 0.25) is 5.79 Å². The van der Waals surface area contributed by atoms with Crippen LogP contribution >= 0.6 is 0 Å². The molecule has 2 bridgehead atoms. The number of hydrogen-bond donors (Lipinski definition) is 1. The minimum Gasteiger partial charge on any atom is -0.478 e. The maximum absolute atomic E-state index is 11.1. The predicted molar refractivity (Wildman–Crippen MR) is 62.6 cm³/mol. The summed E-state index contributed by atoms with van der Waals surface area (Å²) in [6, 6.07) is 0. The molecule has 3 fully saturated rings. The van der Waals surface area contributed by atoms with Crippen molar-refractivity contribution in [1.82, 2.24) is 0 Å². The van der Waals surface area contributed by atoms with Crippen molar-refractivity contribution in [3.05, 3.63) is 25.3 Å². The molecule has 0 aromatic heterocycles. The first-order chi connectivity index (χ1) is 8.53. The molecule has 98 valence electrons. The molecule has 3 rings (SSSR count). The summed E-state index contributed by atoms with van der Waals surface area (Å²) >= 11 is 0. The predicted octanol–water partition coefficient (Wildman–Crippen LogP) is 1.50. The second kappa shape index (κ2) is 4.57. The van der Waals surface area contributed by atoms with E-state index in [0.717, 1.165) is 12.5 Å². The summed E-state index contributed by atoms with van der Waals surface area (Å²) in [6.45, 7) is 6.34. The van der Waals surface area contributed by atoms with Crippen molar-refractivity contribution in [2.24, 2.45) is 11.8 Å². The molecule has 0 radical (unpaired) electrons. The van der Waals surface area contributed by atoms with Gasteiger partial charge in [0, 0.05) is 18.1 Å². The topological polar surface area (TPSA) is 76.1 Å². The molecule has 1 aliphatic heterocycles. The number of carbonyl (C=O) groups is 2. The Morgan fingerprint density at radius 2 is 2.00 bits per heavy atom. The number of carboxylic acids is 1. The molecule has 1 N–H and O–H groups in total. The largest absolute Gasteiger partial charge is 0.478 e. The molecule has 2 saturated carbocycles. The summed E-state index contributed by atoms with van der Waals surface area (Å²) in [4.78, 5) is 20.3. The van der Waals surface area contributed by atoms with Gasteiger partial charge in [0.1, 0.15) is 6.10 Å². The van der Waals surface area contributed by atoms with Crippen LogP contribution in [0.15, 0.2) is 25.3 Å². The molecule has 1 heterocycles. The summed E-state index contributed by atoms with van der Waals surface area (Å²) in [6.07, 6.45) is 5.80. The van der Waals surface area contributed by atoms with Crippen LogP contribution in [0.3, 0.4) is 0 Å². The van der Waals surface area contributed by atoms with Gasteiger partial charge in [-0.05, 0) is 25.2 Å². The molecule has 4 unspecified atom stereocenters. The lowest BCUT2D eigenvalue weighted by Crippen LogP contribution is -2.29. The highest BCUT2D eigenvalue weighted by molar-refractivity contribution is 5.81. The number of aliphatic carboxylic acids is 1. The second-order valence-electron chi connectivity index (χ2n) is 4.70. The minimum absolute atomic E-state index is 0.204. The minimum atomic E-state index is -0.981. The summed E-state index contributed by atoms with van der Waals surface area (Å²) in [7, 11) is 0. The average molecular weight is 252 g/mol. The Morgan fingerprint density at radius 3 is 2.44 bits per heavy atom. The van der Waals surface area contributed by atoms with Crippen LogP contribution in [0.5, 0.6) is 0 Å². The highest BCUT2D eigenvalue weighted by atomic mass is 16.8. The van der Waals surface area contributed by atoms with Gasteiger partial charge in [0.15, 0.2) is 0 Å². The van der Waals surface area contributed by atoms with Crippen molar-refractivity contribution in [3.8, 4) is 0 Å². The number of rotatable bonds is 3. The van der Waals surface area contributed by atoms with Crippen LogP contribution in [0, 0.1) is 11.8 Å². The van der Waals surface area contributed by atoms with Crippen LogP contribution in [-0.2, 0) is 19.1 Å². The van der Waals surface area contributed by atoms with Gasteiger partial charge >= 0.3 is 11.9 Å². The van der Waals surface area contributed by atoms with E-state index in [1.165, 1.54) is 18.9 Å². The Labute approximate surface area is 105 Å².